The van der Waals surface area contributed by atoms with Crippen LogP contribution in [0.15, 0.2) is 12.3 Å². The molecule has 2 rings (SSSR count). The average molecular weight is 284 g/mol. The van der Waals surface area contributed by atoms with Gasteiger partial charge in [0.25, 0.3) is 0 Å². The molecule has 0 aliphatic carbocycles. The molecule has 0 saturated carbocycles. The number of hydrogen-bond acceptors (Lipinski definition) is 4. The predicted molar refractivity (Wildman–Crippen MR) is 78.9 cm³/mol. The number of nitrogens with one attached hydrogen (secondary N) is 1. The summed E-state index contributed by atoms with van der Waals surface area (Å²) in [5.41, 5.74) is 1.13. The summed E-state index contributed by atoms with van der Waals surface area (Å²) in [6.07, 6.45) is 4.36. The minimum Gasteiger partial charge on any atom is -0.381 e. The maximum atomic E-state index is 6.35. The van der Waals surface area contributed by atoms with Crippen LogP contribution < -0.4 is 10.2 Å². The molecule has 1 aliphatic heterocycles. The average Bonchev–Trinajstić information content (AvgIpc) is 2.45. The molecular formula is C14H22ClN3O. The van der Waals surface area contributed by atoms with Gasteiger partial charge in [0.1, 0.15) is 5.82 Å². The second kappa shape index (κ2) is 7.08. The van der Waals surface area contributed by atoms with Crippen LogP contribution in [0, 0.1) is 0 Å². The van der Waals surface area contributed by atoms with Crippen LogP contribution in [-0.4, -0.2) is 37.8 Å². The Morgan fingerprint density at radius 3 is 2.79 bits per heavy atom. The van der Waals surface area contributed by atoms with Gasteiger partial charge >= 0.3 is 0 Å². The number of anilines is 1. The summed E-state index contributed by atoms with van der Waals surface area (Å²) >= 11 is 6.35. The van der Waals surface area contributed by atoms with Crippen LogP contribution in [0.2, 0.25) is 5.02 Å². The van der Waals surface area contributed by atoms with Crippen LogP contribution in [0.3, 0.4) is 0 Å². The van der Waals surface area contributed by atoms with Crippen molar-refractivity contribution in [3.63, 3.8) is 0 Å². The normalized spacial score (nSPS) is 16.9. The maximum absolute atomic E-state index is 6.35. The van der Waals surface area contributed by atoms with Crippen molar-refractivity contribution >= 4 is 17.4 Å². The summed E-state index contributed by atoms with van der Waals surface area (Å²) in [6.45, 7) is 5.76. The first kappa shape index (κ1) is 14.6. The van der Waals surface area contributed by atoms with Gasteiger partial charge in [-0.3, -0.25) is 0 Å². The summed E-state index contributed by atoms with van der Waals surface area (Å²) in [7, 11) is 1.78. The molecule has 0 amide bonds. The second-order valence-electron chi connectivity index (χ2n) is 4.85. The van der Waals surface area contributed by atoms with Gasteiger partial charge in [0, 0.05) is 32.9 Å². The minimum atomic E-state index is 0.378. The highest BCUT2D eigenvalue weighted by Gasteiger charge is 2.21. The van der Waals surface area contributed by atoms with E-state index in [2.05, 4.69) is 22.1 Å². The molecule has 0 spiro atoms. The number of halogens is 1. The smallest absolute Gasteiger partial charge is 0.147 e. The largest absolute Gasteiger partial charge is 0.381 e. The number of piperidine rings is 1. The quantitative estimate of drug-likeness (QED) is 0.901. The van der Waals surface area contributed by atoms with Crippen molar-refractivity contribution in [2.45, 2.75) is 32.4 Å². The fraction of sp³-hybridized carbons (Fsp3) is 0.643. The number of nitrogens with zero attached hydrogens (tertiary/aromatic N) is 2. The van der Waals surface area contributed by atoms with Crippen molar-refractivity contribution in [3.05, 3.63) is 22.8 Å². The van der Waals surface area contributed by atoms with Gasteiger partial charge in [0.15, 0.2) is 0 Å². The highest BCUT2D eigenvalue weighted by Crippen LogP contribution is 2.27. The zero-order chi connectivity index (χ0) is 13.7. The van der Waals surface area contributed by atoms with Gasteiger partial charge < -0.3 is 15.0 Å². The van der Waals surface area contributed by atoms with E-state index in [4.69, 9.17) is 16.3 Å². The number of ether oxygens (including phenoxy) is 1. The monoisotopic (exact) mass is 283 g/mol. The SMILES string of the molecule is CCNCc1cnc(N2CCC(OC)CC2)c(Cl)c1. The van der Waals surface area contributed by atoms with Crippen LogP contribution in [0.25, 0.3) is 0 Å². The third-order valence-electron chi connectivity index (χ3n) is 3.53. The lowest BCUT2D eigenvalue weighted by Gasteiger charge is -2.32. The summed E-state index contributed by atoms with van der Waals surface area (Å²) in [6, 6.07) is 2.01. The van der Waals surface area contributed by atoms with Gasteiger partial charge in [-0.15, -0.1) is 0 Å². The maximum Gasteiger partial charge on any atom is 0.147 e. The van der Waals surface area contributed by atoms with E-state index in [1.54, 1.807) is 7.11 Å². The molecule has 5 heteroatoms. The first-order chi connectivity index (χ1) is 9.24. The standard InChI is InChI=1S/C14H22ClN3O/c1-3-16-9-11-8-13(15)14(17-10-11)18-6-4-12(19-2)5-7-18/h8,10,12,16H,3-7,9H2,1-2H3. The van der Waals surface area contributed by atoms with Gasteiger partial charge in [0.05, 0.1) is 11.1 Å². The molecule has 1 fully saturated rings. The van der Waals surface area contributed by atoms with Gasteiger partial charge in [-0.1, -0.05) is 18.5 Å². The molecule has 0 unspecified atom stereocenters. The molecule has 4 nitrogen and oxygen atoms in total. The molecule has 0 radical (unpaired) electrons. The van der Waals surface area contributed by atoms with Crippen LogP contribution >= 0.6 is 11.6 Å². The zero-order valence-electron chi connectivity index (χ0n) is 11.7. The molecule has 1 aliphatic rings. The van der Waals surface area contributed by atoms with Crippen LogP contribution in [0.1, 0.15) is 25.3 Å². The van der Waals surface area contributed by atoms with Gasteiger partial charge in [-0.2, -0.15) is 0 Å². The lowest BCUT2D eigenvalue weighted by atomic mass is 10.1. The molecule has 2 heterocycles. The molecule has 1 saturated heterocycles. The van der Waals surface area contributed by atoms with E-state index in [1.807, 2.05) is 12.3 Å². The number of pyridine rings is 1. The number of hydrogen-bond donors (Lipinski definition) is 1. The lowest BCUT2D eigenvalue weighted by molar-refractivity contribution is 0.0818. The van der Waals surface area contributed by atoms with Gasteiger partial charge in [-0.25, -0.2) is 4.98 Å². The minimum absolute atomic E-state index is 0.378. The number of methoxy groups -OCH3 is 1. The third-order valence-corrected chi connectivity index (χ3v) is 3.81. The Hall–Kier alpha value is -0.840. The second-order valence-corrected chi connectivity index (χ2v) is 5.26. The van der Waals surface area contributed by atoms with Crippen molar-refractivity contribution in [1.82, 2.24) is 10.3 Å². The van der Waals surface area contributed by atoms with Crippen molar-refractivity contribution in [3.8, 4) is 0 Å². The molecule has 0 aromatic carbocycles. The Kier molecular flexibility index (Phi) is 5.43. The molecular weight excluding hydrogens is 262 g/mol. The van der Waals surface area contributed by atoms with Crippen LogP contribution in [0.4, 0.5) is 5.82 Å². The highest BCUT2D eigenvalue weighted by atomic mass is 35.5. The molecule has 19 heavy (non-hydrogen) atoms. The number of aromatic nitrogens is 1. The topological polar surface area (TPSA) is 37.4 Å². The van der Waals surface area contributed by atoms with E-state index in [0.29, 0.717) is 6.10 Å². The molecule has 1 aromatic rings. The van der Waals surface area contributed by atoms with Crippen molar-refractivity contribution in [1.29, 1.82) is 0 Å². The fourth-order valence-electron chi connectivity index (χ4n) is 2.37. The molecule has 106 valence electrons. The van der Waals surface area contributed by atoms with Crippen LogP contribution in [0.5, 0.6) is 0 Å². The predicted octanol–water partition coefficient (Wildman–Crippen LogP) is 2.46. The van der Waals surface area contributed by atoms with Gasteiger partial charge in [-0.05, 0) is 31.0 Å². The Morgan fingerprint density at radius 2 is 2.21 bits per heavy atom. The summed E-state index contributed by atoms with van der Waals surface area (Å²) in [4.78, 5) is 6.76. The van der Waals surface area contributed by atoms with Gasteiger partial charge in [0.2, 0.25) is 0 Å². The summed E-state index contributed by atoms with van der Waals surface area (Å²) in [5, 5.41) is 4.02. The van der Waals surface area contributed by atoms with E-state index < -0.39 is 0 Å². The Balaban J connectivity index is 2.01. The zero-order valence-corrected chi connectivity index (χ0v) is 12.4. The Bertz CT molecular complexity index is 406. The van der Waals surface area contributed by atoms with E-state index in [0.717, 1.165) is 55.4 Å². The Morgan fingerprint density at radius 1 is 1.47 bits per heavy atom. The van der Waals surface area contributed by atoms with E-state index in [-0.39, 0.29) is 0 Å². The van der Waals surface area contributed by atoms with E-state index >= 15 is 0 Å². The summed E-state index contributed by atoms with van der Waals surface area (Å²) in [5.74, 6) is 0.900. The summed E-state index contributed by atoms with van der Waals surface area (Å²) < 4.78 is 5.38. The fourth-order valence-corrected chi connectivity index (χ4v) is 2.68. The molecule has 0 atom stereocenters. The third kappa shape index (κ3) is 3.81. The molecule has 1 N–H and O–H groups in total. The highest BCUT2D eigenvalue weighted by molar-refractivity contribution is 6.33. The molecule has 1 aromatic heterocycles. The van der Waals surface area contributed by atoms with E-state index in [1.165, 1.54) is 0 Å². The van der Waals surface area contributed by atoms with Crippen molar-refractivity contribution in [2.24, 2.45) is 0 Å². The number of rotatable bonds is 5. The lowest BCUT2D eigenvalue weighted by Crippen LogP contribution is -2.37. The first-order valence-corrected chi connectivity index (χ1v) is 7.25. The molecule has 0 bridgehead atoms. The van der Waals surface area contributed by atoms with Crippen molar-refractivity contribution < 1.29 is 4.74 Å². The van der Waals surface area contributed by atoms with E-state index in [9.17, 15) is 0 Å². The Labute approximate surface area is 120 Å². The first-order valence-electron chi connectivity index (χ1n) is 6.87. The van der Waals surface area contributed by atoms with Crippen molar-refractivity contribution in [2.75, 3.05) is 31.6 Å². The van der Waals surface area contributed by atoms with Crippen LogP contribution in [-0.2, 0) is 11.3 Å².